The summed E-state index contributed by atoms with van der Waals surface area (Å²) in [5, 5.41) is 3.57. The summed E-state index contributed by atoms with van der Waals surface area (Å²) in [6, 6.07) is 4.38. The van der Waals surface area contributed by atoms with Crippen LogP contribution in [0.5, 0.6) is 0 Å². The van der Waals surface area contributed by atoms with Crippen LogP contribution in [0.1, 0.15) is 18.5 Å². The Morgan fingerprint density at radius 2 is 1.95 bits per heavy atom. The van der Waals surface area contributed by atoms with Gasteiger partial charge in [0.05, 0.1) is 22.7 Å². The Morgan fingerprint density at radius 3 is 2.52 bits per heavy atom. The van der Waals surface area contributed by atoms with Gasteiger partial charge in [0, 0.05) is 0 Å². The number of ether oxygens (including phenoxy) is 1. The van der Waals surface area contributed by atoms with Crippen molar-refractivity contribution in [2.75, 3.05) is 19.8 Å². The van der Waals surface area contributed by atoms with Crippen molar-refractivity contribution < 1.29 is 22.3 Å². The number of rotatable bonds is 8. The van der Waals surface area contributed by atoms with Crippen molar-refractivity contribution in [3.05, 3.63) is 33.8 Å². The SMILES string of the molecule is CCNC(COCC(F)(F)C(F)F)c1cccc(Cl)c1Cl. The van der Waals surface area contributed by atoms with Crippen LogP contribution in [0.3, 0.4) is 0 Å². The first-order valence-corrected chi connectivity index (χ1v) is 6.96. The summed E-state index contributed by atoms with van der Waals surface area (Å²) in [6.45, 7) is 0.738. The lowest BCUT2D eigenvalue weighted by atomic mass is 10.1. The molecule has 21 heavy (non-hydrogen) atoms. The van der Waals surface area contributed by atoms with Gasteiger partial charge in [-0.1, -0.05) is 42.3 Å². The van der Waals surface area contributed by atoms with Crippen LogP contribution in [0.15, 0.2) is 18.2 Å². The van der Waals surface area contributed by atoms with Crippen molar-refractivity contribution in [1.82, 2.24) is 5.32 Å². The summed E-state index contributed by atoms with van der Waals surface area (Å²) in [4.78, 5) is 0. The van der Waals surface area contributed by atoms with Gasteiger partial charge in [0.1, 0.15) is 6.61 Å². The minimum Gasteiger partial charge on any atom is -0.373 e. The zero-order valence-electron chi connectivity index (χ0n) is 11.2. The average Bonchev–Trinajstić information content (AvgIpc) is 2.41. The number of hydrogen-bond acceptors (Lipinski definition) is 2. The Hall–Kier alpha value is -0.560. The molecule has 0 saturated carbocycles. The Labute approximate surface area is 130 Å². The van der Waals surface area contributed by atoms with Gasteiger partial charge in [-0.05, 0) is 18.2 Å². The van der Waals surface area contributed by atoms with E-state index < -0.39 is 25.0 Å². The summed E-state index contributed by atoms with van der Waals surface area (Å²) >= 11 is 11.9. The molecule has 1 atom stereocenters. The Kier molecular flexibility index (Phi) is 7.20. The van der Waals surface area contributed by atoms with Crippen LogP contribution >= 0.6 is 23.2 Å². The van der Waals surface area contributed by atoms with Gasteiger partial charge in [-0.25, -0.2) is 8.78 Å². The minimum absolute atomic E-state index is 0.226. The van der Waals surface area contributed by atoms with Crippen molar-refractivity contribution in [1.29, 1.82) is 0 Å². The number of likely N-dealkylation sites (N-methyl/N-ethyl adjacent to an activating group) is 1. The standard InChI is InChI=1S/C13H15Cl2F4NO/c1-2-20-10(6-21-7-13(18,19)12(16)17)8-4-3-5-9(14)11(8)15/h3-5,10,12,20H,2,6-7H2,1H3. The van der Waals surface area contributed by atoms with Crippen molar-refractivity contribution in [2.24, 2.45) is 0 Å². The zero-order chi connectivity index (χ0) is 16.0. The van der Waals surface area contributed by atoms with E-state index in [9.17, 15) is 17.6 Å². The molecular weight excluding hydrogens is 333 g/mol. The Morgan fingerprint density at radius 1 is 1.29 bits per heavy atom. The molecule has 0 radical (unpaired) electrons. The van der Waals surface area contributed by atoms with Gasteiger partial charge in [0.25, 0.3) is 0 Å². The largest absolute Gasteiger partial charge is 0.373 e. The molecular formula is C13H15Cl2F4NO. The van der Waals surface area contributed by atoms with Gasteiger partial charge in [-0.3, -0.25) is 0 Å². The first kappa shape index (κ1) is 18.5. The van der Waals surface area contributed by atoms with Crippen molar-refractivity contribution >= 4 is 23.2 Å². The normalized spacial score (nSPS) is 13.7. The third-order valence-electron chi connectivity index (χ3n) is 2.71. The highest BCUT2D eigenvalue weighted by Crippen LogP contribution is 2.30. The second-order valence-electron chi connectivity index (χ2n) is 4.33. The molecule has 120 valence electrons. The van der Waals surface area contributed by atoms with E-state index in [1.807, 2.05) is 0 Å². The second kappa shape index (κ2) is 8.17. The fourth-order valence-electron chi connectivity index (χ4n) is 1.67. The molecule has 0 bridgehead atoms. The van der Waals surface area contributed by atoms with Gasteiger partial charge in [-0.2, -0.15) is 8.78 Å². The molecule has 0 spiro atoms. The second-order valence-corrected chi connectivity index (χ2v) is 5.12. The molecule has 1 N–H and O–H groups in total. The molecule has 0 aromatic heterocycles. The molecule has 2 nitrogen and oxygen atoms in total. The number of halogens is 6. The van der Waals surface area contributed by atoms with Crippen LogP contribution in [0.25, 0.3) is 0 Å². The monoisotopic (exact) mass is 347 g/mol. The summed E-state index contributed by atoms with van der Waals surface area (Å²) in [5.41, 5.74) is 0.561. The van der Waals surface area contributed by atoms with Crippen molar-refractivity contribution in [2.45, 2.75) is 25.3 Å². The van der Waals surface area contributed by atoms with Gasteiger partial charge in [0.2, 0.25) is 0 Å². The molecule has 1 unspecified atom stereocenters. The number of hydrogen-bond donors (Lipinski definition) is 1. The maximum atomic E-state index is 12.8. The maximum absolute atomic E-state index is 12.8. The third kappa shape index (κ3) is 5.29. The van der Waals surface area contributed by atoms with Crippen molar-refractivity contribution in [3.63, 3.8) is 0 Å². The zero-order valence-corrected chi connectivity index (χ0v) is 12.7. The van der Waals surface area contributed by atoms with Gasteiger partial charge >= 0.3 is 12.3 Å². The van der Waals surface area contributed by atoms with E-state index in [1.165, 1.54) is 0 Å². The summed E-state index contributed by atoms with van der Waals surface area (Å²) < 4.78 is 54.4. The summed E-state index contributed by atoms with van der Waals surface area (Å²) in [7, 11) is 0. The molecule has 1 aromatic carbocycles. The Balaban J connectivity index is 2.73. The predicted octanol–water partition coefficient (Wildman–Crippen LogP) is 4.56. The van der Waals surface area contributed by atoms with E-state index in [0.717, 1.165) is 0 Å². The molecule has 8 heteroatoms. The van der Waals surface area contributed by atoms with Crippen LogP contribution < -0.4 is 5.32 Å². The third-order valence-corrected chi connectivity index (χ3v) is 3.54. The van der Waals surface area contributed by atoms with Crippen LogP contribution in [-0.4, -0.2) is 32.1 Å². The topological polar surface area (TPSA) is 21.3 Å². The quantitative estimate of drug-likeness (QED) is 0.696. The lowest BCUT2D eigenvalue weighted by Gasteiger charge is -2.22. The van der Waals surface area contributed by atoms with E-state index in [0.29, 0.717) is 17.1 Å². The first-order valence-electron chi connectivity index (χ1n) is 6.20. The summed E-state index contributed by atoms with van der Waals surface area (Å²) in [6.07, 6.45) is -3.76. The molecule has 0 amide bonds. The maximum Gasteiger partial charge on any atom is 0.330 e. The van der Waals surface area contributed by atoms with Crippen LogP contribution in [0.4, 0.5) is 17.6 Å². The van der Waals surface area contributed by atoms with Crippen LogP contribution in [-0.2, 0) is 4.74 Å². The van der Waals surface area contributed by atoms with Crippen molar-refractivity contribution in [3.8, 4) is 0 Å². The van der Waals surface area contributed by atoms with Gasteiger partial charge < -0.3 is 10.1 Å². The number of nitrogens with one attached hydrogen (secondary N) is 1. The van der Waals surface area contributed by atoms with Gasteiger partial charge in [-0.15, -0.1) is 0 Å². The molecule has 0 heterocycles. The van der Waals surface area contributed by atoms with Crippen LogP contribution in [0, 0.1) is 0 Å². The lowest BCUT2D eigenvalue weighted by Crippen LogP contribution is -2.34. The molecule has 1 rings (SSSR count). The fourth-order valence-corrected chi connectivity index (χ4v) is 2.11. The smallest absolute Gasteiger partial charge is 0.330 e. The van der Waals surface area contributed by atoms with E-state index >= 15 is 0 Å². The van der Waals surface area contributed by atoms with Gasteiger partial charge in [0.15, 0.2) is 0 Å². The lowest BCUT2D eigenvalue weighted by molar-refractivity contribution is -0.167. The van der Waals surface area contributed by atoms with Crippen LogP contribution in [0.2, 0.25) is 10.0 Å². The molecule has 0 saturated heterocycles. The number of alkyl halides is 4. The predicted molar refractivity (Wildman–Crippen MR) is 74.6 cm³/mol. The average molecular weight is 348 g/mol. The molecule has 0 aliphatic carbocycles. The summed E-state index contributed by atoms with van der Waals surface area (Å²) in [5.74, 6) is -4.17. The molecule has 1 aromatic rings. The highest BCUT2D eigenvalue weighted by atomic mass is 35.5. The number of benzene rings is 1. The van der Waals surface area contributed by atoms with E-state index in [4.69, 9.17) is 27.9 Å². The minimum atomic E-state index is -4.17. The highest BCUT2D eigenvalue weighted by molar-refractivity contribution is 6.42. The molecule has 0 aliphatic rings. The van der Waals surface area contributed by atoms with E-state index in [2.05, 4.69) is 5.32 Å². The molecule has 0 fully saturated rings. The molecule has 0 aliphatic heterocycles. The Bertz CT molecular complexity index is 460. The van der Waals surface area contributed by atoms with E-state index in [-0.39, 0.29) is 11.6 Å². The van der Waals surface area contributed by atoms with E-state index in [1.54, 1.807) is 25.1 Å². The fraction of sp³-hybridized carbons (Fsp3) is 0.538. The highest BCUT2D eigenvalue weighted by Gasteiger charge is 2.41. The first-order chi connectivity index (χ1) is 9.79.